The van der Waals surface area contributed by atoms with Gasteiger partial charge < -0.3 is 15.0 Å². The number of ether oxygens (including phenoxy) is 1. The fourth-order valence-electron chi connectivity index (χ4n) is 5.71. The maximum atomic E-state index is 14.5. The van der Waals surface area contributed by atoms with E-state index in [4.69, 9.17) is 4.74 Å². The molecule has 1 fully saturated rings. The molecule has 0 saturated heterocycles. The molecule has 1 N–H and O–H groups in total. The predicted octanol–water partition coefficient (Wildman–Crippen LogP) is 5.73. The van der Waals surface area contributed by atoms with Crippen molar-refractivity contribution in [1.29, 1.82) is 0 Å². The van der Waals surface area contributed by atoms with E-state index in [1.807, 2.05) is 30.3 Å². The number of carbonyl (C=O) groups excluding carboxylic acids is 2. The lowest BCUT2D eigenvalue weighted by molar-refractivity contribution is -0.140. The van der Waals surface area contributed by atoms with Gasteiger partial charge in [0.05, 0.1) is 17.7 Å². The van der Waals surface area contributed by atoms with Crippen LogP contribution in [0.3, 0.4) is 0 Å². The molecule has 0 aromatic heterocycles. The third-order valence-corrected chi connectivity index (χ3v) is 10.00. The molecule has 1 saturated carbocycles. The Morgan fingerprint density at radius 3 is 2.07 bits per heavy atom. The highest BCUT2D eigenvalue weighted by molar-refractivity contribution is 7.92. The average molecular weight is 644 g/mol. The van der Waals surface area contributed by atoms with Crippen LogP contribution in [0.2, 0.25) is 0 Å². The van der Waals surface area contributed by atoms with Gasteiger partial charge in [0.25, 0.3) is 10.0 Å². The molecule has 0 unspecified atom stereocenters. The number of amides is 2. The zero-order valence-electron chi connectivity index (χ0n) is 25.7. The zero-order chi connectivity index (χ0) is 32.5. The van der Waals surface area contributed by atoms with Gasteiger partial charge in [0.1, 0.15) is 24.2 Å². The van der Waals surface area contributed by atoms with Crippen LogP contribution < -0.4 is 14.4 Å². The number of nitrogens with one attached hydrogen (secondary N) is 1. The van der Waals surface area contributed by atoms with Crippen LogP contribution in [0.1, 0.15) is 36.8 Å². The lowest BCUT2D eigenvalue weighted by atomic mass is 10.0. The molecule has 1 aliphatic carbocycles. The minimum atomic E-state index is -4.23. The van der Waals surface area contributed by atoms with Crippen LogP contribution in [0.4, 0.5) is 10.1 Å². The van der Waals surface area contributed by atoms with Crippen molar-refractivity contribution >= 4 is 27.5 Å². The molecule has 0 aliphatic heterocycles. The van der Waals surface area contributed by atoms with Crippen LogP contribution in [0.5, 0.6) is 5.75 Å². The van der Waals surface area contributed by atoms with Crippen LogP contribution in [0, 0.1) is 5.82 Å². The number of anilines is 1. The van der Waals surface area contributed by atoms with Gasteiger partial charge in [0.15, 0.2) is 0 Å². The second kappa shape index (κ2) is 15.1. The monoisotopic (exact) mass is 643 g/mol. The van der Waals surface area contributed by atoms with Crippen molar-refractivity contribution in [2.45, 2.75) is 55.6 Å². The van der Waals surface area contributed by atoms with Crippen LogP contribution in [0.15, 0.2) is 114 Å². The number of carbonyl (C=O) groups is 2. The molecule has 0 radical (unpaired) electrons. The van der Waals surface area contributed by atoms with Gasteiger partial charge in [-0.25, -0.2) is 12.8 Å². The van der Waals surface area contributed by atoms with Crippen molar-refractivity contribution in [2.75, 3.05) is 18.0 Å². The highest BCUT2D eigenvalue weighted by atomic mass is 32.2. The topological polar surface area (TPSA) is 96.0 Å². The van der Waals surface area contributed by atoms with Crippen molar-refractivity contribution in [1.82, 2.24) is 10.2 Å². The summed E-state index contributed by atoms with van der Waals surface area (Å²) in [4.78, 5) is 29.9. The summed E-state index contributed by atoms with van der Waals surface area (Å²) in [5.74, 6) is -0.825. The van der Waals surface area contributed by atoms with Crippen molar-refractivity contribution in [2.24, 2.45) is 0 Å². The number of methoxy groups -OCH3 is 1. The van der Waals surface area contributed by atoms with Crippen molar-refractivity contribution in [3.8, 4) is 5.75 Å². The zero-order valence-corrected chi connectivity index (χ0v) is 26.5. The van der Waals surface area contributed by atoms with Crippen LogP contribution in [-0.2, 0) is 32.6 Å². The van der Waals surface area contributed by atoms with Crippen LogP contribution >= 0.6 is 0 Å². The molecule has 1 atom stereocenters. The Morgan fingerprint density at radius 2 is 1.46 bits per heavy atom. The lowest BCUT2D eigenvalue weighted by Gasteiger charge is -2.34. The highest BCUT2D eigenvalue weighted by Crippen LogP contribution is 2.26. The van der Waals surface area contributed by atoms with Gasteiger partial charge in [-0.2, -0.15) is 0 Å². The standard InChI is InChI=1S/C36H38FN3O5S/c1-45-32-20-22-33(23-21-32)46(43,44)40(31-14-6-3-7-15-31)26-35(41)39(25-28-16-18-29(37)19-17-28)34(24-27-10-4-2-5-11-27)36(42)38-30-12-8-9-13-30/h2-7,10-11,14-23,30,34H,8-9,12-13,24-26H2,1H3,(H,38,42)/t34-/m0/s1. The number of para-hydroxylation sites is 1. The van der Waals surface area contributed by atoms with E-state index in [0.717, 1.165) is 35.6 Å². The number of benzene rings is 4. The summed E-state index contributed by atoms with van der Waals surface area (Å²) >= 11 is 0. The quantitative estimate of drug-likeness (QED) is 0.201. The molecule has 1 aliphatic rings. The molecule has 8 nitrogen and oxygen atoms in total. The fraction of sp³-hybridized carbons (Fsp3) is 0.278. The van der Waals surface area contributed by atoms with E-state index in [1.165, 1.54) is 36.3 Å². The van der Waals surface area contributed by atoms with E-state index in [1.54, 1.807) is 54.6 Å². The summed E-state index contributed by atoms with van der Waals surface area (Å²) in [5.41, 5.74) is 1.74. The molecular formula is C36H38FN3O5S. The minimum absolute atomic E-state index is 0.00446. The first-order chi connectivity index (χ1) is 22.2. The number of nitrogens with zero attached hydrogens (tertiary/aromatic N) is 2. The summed E-state index contributed by atoms with van der Waals surface area (Å²) in [6.07, 6.45) is 3.96. The average Bonchev–Trinajstić information content (AvgIpc) is 3.59. The number of hydrogen-bond acceptors (Lipinski definition) is 5. The third kappa shape index (κ3) is 8.11. The molecular weight excluding hydrogens is 605 g/mol. The van der Waals surface area contributed by atoms with Gasteiger partial charge in [-0.05, 0) is 72.5 Å². The molecule has 0 spiro atoms. The second-order valence-corrected chi connectivity index (χ2v) is 13.2. The van der Waals surface area contributed by atoms with Crippen LogP contribution in [0.25, 0.3) is 0 Å². The van der Waals surface area contributed by atoms with Gasteiger partial charge in [0.2, 0.25) is 11.8 Å². The number of rotatable bonds is 13. The van der Waals surface area contributed by atoms with E-state index in [-0.39, 0.29) is 29.8 Å². The molecule has 0 heterocycles. The summed E-state index contributed by atoms with van der Waals surface area (Å²) < 4.78 is 48.3. The van der Waals surface area contributed by atoms with E-state index in [9.17, 15) is 22.4 Å². The summed E-state index contributed by atoms with van der Waals surface area (Å²) in [6.45, 7) is -0.596. The van der Waals surface area contributed by atoms with Gasteiger partial charge in [-0.3, -0.25) is 13.9 Å². The third-order valence-electron chi connectivity index (χ3n) is 8.21. The smallest absolute Gasteiger partial charge is 0.264 e. The van der Waals surface area contributed by atoms with Gasteiger partial charge in [-0.1, -0.05) is 73.5 Å². The van der Waals surface area contributed by atoms with E-state index >= 15 is 0 Å². The Balaban J connectivity index is 1.54. The maximum absolute atomic E-state index is 14.5. The van der Waals surface area contributed by atoms with Gasteiger partial charge in [0, 0.05) is 19.0 Å². The van der Waals surface area contributed by atoms with E-state index in [2.05, 4.69) is 5.32 Å². The van der Waals surface area contributed by atoms with Crippen LogP contribution in [-0.4, -0.2) is 50.9 Å². The molecule has 10 heteroatoms. The normalized spacial score (nSPS) is 14.0. The fourth-order valence-corrected chi connectivity index (χ4v) is 7.12. The molecule has 46 heavy (non-hydrogen) atoms. The Hall–Kier alpha value is -4.70. The van der Waals surface area contributed by atoms with Crippen molar-refractivity contribution in [3.63, 3.8) is 0 Å². The molecule has 0 bridgehead atoms. The number of sulfonamides is 1. The Labute approximate surface area is 269 Å². The predicted molar refractivity (Wildman–Crippen MR) is 175 cm³/mol. The largest absolute Gasteiger partial charge is 0.497 e. The molecule has 4 aromatic carbocycles. The first-order valence-corrected chi connectivity index (χ1v) is 16.8. The van der Waals surface area contributed by atoms with Crippen molar-refractivity contribution in [3.05, 3.63) is 126 Å². The molecule has 5 rings (SSSR count). The molecule has 4 aromatic rings. The summed E-state index contributed by atoms with van der Waals surface area (Å²) in [6, 6.07) is 28.5. The molecule has 240 valence electrons. The summed E-state index contributed by atoms with van der Waals surface area (Å²) in [7, 11) is -2.74. The van der Waals surface area contributed by atoms with Gasteiger partial charge in [-0.15, -0.1) is 0 Å². The first kappa shape index (κ1) is 32.7. The Bertz CT molecular complexity index is 1700. The minimum Gasteiger partial charge on any atom is -0.497 e. The Kier molecular flexibility index (Phi) is 10.7. The Morgan fingerprint density at radius 1 is 0.848 bits per heavy atom. The SMILES string of the molecule is COc1ccc(S(=O)(=O)N(CC(=O)N(Cc2ccc(F)cc2)[C@@H](Cc2ccccc2)C(=O)NC2CCCC2)c2ccccc2)cc1. The van der Waals surface area contributed by atoms with E-state index < -0.39 is 34.3 Å². The number of hydrogen-bond donors (Lipinski definition) is 1. The second-order valence-electron chi connectivity index (χ2n) is 11.4. The van der Waals surface area contributed by atoms with Gasteiger partial charge >= 0.3 is 0 Å². The number of halogens is 1. The highest BCUT2D eigenvalue weighted by Gasteiger charge is 2.35. The summed E-state index contributed by atoms with van der Waals surface area (Å²) in [5, 5.41) is 3.14. The van der Waals surface area contributed by atoms with Crippen molar-refractivity contribution < 1.29 is 27.1 Å². The lowest BCUT2D eigenvalue weighted by Crippen LogP contribution is -2.54. The first-order valence-electron chi connectivity index (χ1n) is 15.3. The maximum Gasteiger partial charge on any atom is 0.264 e. The van der Waals surface area contributed by atoms with E-state index in [0.29, 0.717) is 17.0 Å². The molecule has 2 amide bonds.